The molecule has 0 saturated carbocycles. The molecule has 0 spiro atoms. The smallest absolute Gasteiger partial charge is 0.327 e. The second-order valence-corrected chi connectivity index (χ2v) is 7.15. The minimum atomic E-state index is -0.922. The number of rotatable bonds is 3. The van der Waals surface area contributed by atoms with Crippen molar-refractivity contribution in [1.82, 2.24) is 4.90 Å². The summed E-state index contributed by atoms with van der Waals surface area (Å²) in [7, 11) is 0. The van der Waals surface area contributed by atoms with Gasteiger partial charge in [-0.2, -0.15) is 0 Å². The number of thiophene rings is 1. The van der Waals surface area contributed by atoms with Gasteiger partial charge in [-0.25, -0.2) is 4.79 Å². The Balaban J connectivity index is 2.28. The first-order valence-electron chi connectivity index (χ1n) is 6.22. The van der Waals surface area contributed by atoms with Crippen molar-refractivity contribution in [1.29, 1.82) is 0 Å². The zero-order valence-corrected chi connectivity index (χ0v) is 12.8. The molecule has 1 amide bonds. The van der Waals surface area contributed by atoms with Crippen molar-refractivity contribution in [2.24, 2.45) is 0 Å². The number of aryl methyl sites for hydroxylation is 2. The summed E-state index contributed by atoms with van der Waals surface area (Å²) < 4.78 is 0. The van der Waals surface area contributed by atoms with E-state index in [0.29, 0.717) is 10.6 Å². The normalized spacial score (nSPS) is 22.8. The van der Waals surface area contributed by atoms with Crippen LogP contribution in [-0.4, -0.2) is 39.1 Å². The minimum absolute atomic E-state index is 0.0823. The Kier molecular flexibility index (Phi) is 4.20. The Bertz CT molecular complexity index is 512. The lowest BCUT2D eigenvalue weighted by Crippen LogP contribution is -2.44. The van der Waals surface area contributed by atoms with Crippen molar-refractivity contribution in [2.75, 3.05) is 5.75 Å². The maximum absolute atomic E-state index is 12.5. The summed E-state index contributed by atoms with van der Waals surface area (Å²) in [4.78, 5) is 27.0. The van der Waals surface area contributed by atoms with E-state index in [9.17, 15) is 14.7 Å². The number of carbonyl (C=O) groups excluding carboxylic acids is 1. The van der Waals surface area contributed by atoms with Crippen molar-refractivity contribution in [3.8, 4) is 0 Å². The molecule has 1 N–H and O–H groups in total. The molecule has 2 heterocycles. The molecular formula is C13H17NO3S2. The highest BCUT2D eigenvalue weighted by Gasteiger charge is 2.40. The van der Waals surface area contributed by atoms with E-state index in [1.807, 2.05) is 19.9 Å². The Morgan fingerprint density at radius 1 is 1.53 bits per heavy atom. The first kappa shape index (κ1) is 14.4. The Hall–Kier alpha value is -1.01. The fourth-order valence-electron chi connectivity index (χ4n) is 2.24. The van der Waals surface area contributed by atoms with Crippen LogP contribution in [0, 0.1) is 6.92 Å². The van der Waals surface area contributed by atoms with Gasteiger partial charge in [0.15, 0.2) is 0 Å². The van der Waals surface area contributed by atoms with Crippen LogP contribution < -0.4 is 0 Å². The van der Waals surface area contributed by atoms with Gasteiger partial charge in [0.2, 0.25) is 0 Å². The Morgan fingerprint density at radius 3 is 2.74 bits per heavy atom. The fourth-order valence-corrected chi connectivity index (χ4v) is 4.47. The standard InChI is InChI=1S/C13H17NO3S2/c1-4-9-5-11(19-7(9)2)12(15)14-8(3)18-6-10(14)13(16)17/h5,8,10H,4,6H2,1-3H3,(H,16,17). The van der Waals surface area contributed by atoms with Gasteiger partial charge >= 0.3 is 5.97 Å². The molecule has 0 aromatic carbocycles. The molecule has 1 aliphatic heterocycles. The topological polar surface area (TPSA) is 57.6 Å². The number of carboxylic acid groups (broad SMARTS) is 1. The van der Waals surface area contributed by atoms with E-state index in [1.54, 1.807) is 0 Å². The first-order chi connectivity index (χ1) is 8.95. The number of carbonyl (C=O) groups is 2. The monoisotopic (exact) mass is 299 g/mol. The van der Waals surface area contributed by atoms with Crippen LogP contribution in [0.2, 0.25) is 0 Å². The number of carboxylic acids is 1. The highest BCUT2D eigenvalue weighted by Crippen LogP contribution is 2.32. The fraction of sp³-hybridized carbons (Fsp3) is 0.538. The summed E-state index contributed by atoms with van der Waals surface area (Å²) in [6.45, 7) is 5.93. The molecule has 19 heavy (non-hydrogen) atoms. The van der Waals surface area contributed by atoms with Crippen LogP contribution in [0.3, 0.4) is 0 Å². The molecule has 4 nitrogen and oxygen atoms in total. The van der Waals surface area contributed by atoms with Gasteiger partial charge < -0.3 is 10.0 Å². The molecule has 0 aliphatic carbocycles. The summed E-state index contributed by atoms with van der Waals surface area (Å²) >= 11 is 2.97. The van der Waals surface area contributed by atoms with Crippen LogP contribution in [0.15, 0.2) is 6.07 Å². The Morgan fingerprint density at radius 2 is 2.21 bits per heavy atom. The third kappa shape index (κ3) is 2.65. The molecule has 1 aromatic heterocycles. The van der Waals surface area contributed by atoms with E-state index < -0.39 is 12.0 Å². The van der Waals surface area contributed by atoms with Crippen molar-refractivity contribution in [3.63, 3.8) is 0 Å². The molecule has 1 saturated heterocycles. The van der Waals surface area contributed by atoms with Crippen LogP contribution in [0.25, 0.3) is 0 Å². The zero-order valence-electron chi connectivity index (χ0n) is 11.2. The largest absolute Gasteiger partial charge is 0.480 e. The van der Waals surface area contributed by atoms with E-state index in [4.69, 9.17) is 0 Å². The minimum Gasteiger partial charge on any atom is -0.480 e. The molecule has 1 aromatic rings. The van der Waals surface area contributed by atoms with Gasteiger partial charge in [-0.05, 0) is 31.9 Å². The first-order valence-corrected chi connectivity index (χ1v) is 8.08. The summed E-state index contributed by atoms with van der Waals surface area (Å²) in [5.41, 5.74) is 1.17. The SMILES string of the molecule is CCc1cc(C(=O)N2C(C)SCC2C(=O)O)sc1C. The van der Waals surface area contributed by atoms with Gasteiger partial charge in [-0.3, -0.25) is 4.79 Å². The van der Waals surface area contributed by atoms with Crippen LogP contribution in [0.1, 0.15) is 34.0 Å². The van der Waals surface area contributed by atoms with Crippen molar-refractivity contribution < 1.29 is 14.7 Å². The molecule has 104 valence electrons. The maximum atomic E-state index is 12.5. The second kappa shape index (κ2) is 5.54. The average Bonchev–Trinajstić information content (AvgIpc) is 2.91. The molecule has 2 unspecified atom stereocenters. The highest BCUT2D eigenvalue weighted by molar-refractivity contribution is 8.00. The van der Waals surface area contributed by atoms with Crippen molar-refractivity contribution >= 4 is 35.0 Å². The highest BCUT2D eigenvalue weighted by atomic mass is 32.2. The van der Waals surface area contributed by atoms with E-state index in [-0.39, 0.29) is 11.3 Å². The van der Waals surface area contributed by atoms with Gasteiger partial charge in [0, 0.05) is 10.6 Å². The average molecular weight is 299 g/mol. The number of hydrogen-bond acceptors (Lipinski definition) is 4. The Labute approximate surface area is 120 Å². The molecule has 0 radical (unpaired) electrons. The molecule has 1 aliphatic rings. The van der Waals surface area contributed by atoms with E-state index in [2.05, 4.69) is 6.92 Å². The quantitative estimate of drug-likeness (QED) is 0.932. The molecule has 2 rings (SSSR count). The van der Waals surface area contributed by atoms with E-state index in [0.717, 1.165) is 11.3 Å². The van der Waals surface area contributed by atoms with Crippen LogP contribution in [-0.2, 0) is 11.2 Å². The van der Waals surface area contributed by atoms with Gasteiger partial charge in [-0.15, -0.1) is 23.1 Å². The molecule has 1 fully saturated rings. The van der Waals surface area contributed by atoms with Gasteiger partial charge in [0.1, 0.15) is 6.04 Å². The van der Waals surface area contributed by atoms with Gasteiger partial charge in [0.25, 0.3) is 5.91 Å². The summed E-state index contributed by atoms with van der Waals surface area (Å²) in [6, 6.07) is 1.19. The third-order valence-electron chi connectivity index (χ3n) is 3.35. The van der Waals surface area contributed by atoms with Gasteiger partial charge in [0.05, 0.1) is 10.3 Å². The lowest BCUT2D eigenvalue weighted by molar-refractivity contribution is -0.141. The molecule has 6 heteroatoms. The molecule has 0 bridgehead atoms. The predicted octanol–water partition coefficient (Wildman–Crippen LogP) is 2.61. The van der Waals surface area contributed by atoms with E-state index >= 15 is 0 Å². The van der Waals surface area contributed by atoms with Crippen LogP contribution in [0.4, 0.5) is 0 Å². The summed E-state index contributed by atoms with van der Waals surface area (Å²) in [5, 5.41) is 9.12. The third-order valence-corrected chi connectivity index (χ3v) is 5.65. The molecular weight excluding hydrogens is 282 g/mol. The van der Waals surface area contributed by atoms with Crippen molar-refractivity contribution in [2.45, 2.75) is 38.6 Å². The summed E-state index contributed by atoms with van der Waals surface area (Å²) in [6.07, 6.45) is 0.891. The zero-order chi connectivity index (χ0) is 14.2. The van der Waals surface area contributed by atoms with Crippen LogP contribution in [0.5, 0.6) is 0 Å². The maximum Gasteiger partial charge on any atom is 0.327 e. The number of nitrogens with zero attached hydrogens (tertiary/aromatic N) is 1. The summed E-state index contributed by atoms with van der Waals surface area (Å²) in [5.74, 6) is -0.611. The lowest BCUT2D eigenvalue weighted by Gasteiger charge is -2.24. The van der Waals surface area contributed by atoms with Crippen LogP contribution >= 0.6 is 23.1 Å². The lowest BCUT2D eigenvalue weighted by atomic mass is 10.2. The number of aliphatic carboxylic acids is 1. The molecule has 2 atom stereocenters. The predicted molar refractivity (Wildman–Crippen MR) is 77.9 cm³/mol. The van der Waals surface area contributed by atoms with E-state index in [1.165, 1.54) is 33.6 Å². The second-order valence-electron chi connectivity index (χ2n) is 4.54. The number of thioether (sulfide) groups is 1. The number of amides is 1. The number of hydrogen-bond donors (Lipinski definition) is 1. The van der Waals surface area contributed by atoms with Gasteiger partial charge in [-0.1, -0.05) is 6.92 Å². The van der Waals surface area contributed by atoms with Crippen molar-refractivity contribution in [3.05, 3.63) is 21.4 Å².